The molecule has 0 saturated carbocycles. The van der Waals surface area contributed by atoms with E-state index in [2.05, 4.69) is 5.32 Å². The highest BCUT2D eigenvalue weighted by Crippen LogP contribution is 2.38. The topological polar surface area (TPSA) is 94.2 Å². The molecule has 0 radical (unpaired) electrons. The summed E-state index contributed by atoms with van der Waals surface area (Å²) in [5, 5.41) is 2.79. The van der Waals surface area contributed by atoms with E-state index < -0.39 is 5.92 Å². The van der Waals surface area contributed by atoms with Crippen LogP contribution in [0.5, 0.6) is 17.2 Å². The van der Waals surface area contributed by atoms with Gasteiger partial charge in [0.15, 0.2) is 17.3 Å². The molecular formula is C22H22N2O6. The van der Waals surface area contributed by atoms with Gasteiger partial charge in [0.25, 0.3) is 0 Å². The maximum Gasteiger partial charge on any atom is 0.231 e. The lowest BCUT2D eigenvalue weighted by molar-refractivity contribution is -0.122. The zero-order valence-corrected chi connectivity index (χ0v) is 17.0. The second-order valence-electron chi connectivity index (χ2n) is 7.38. The van der Waals surface area contributed by atoms with E-state index in [-0.39, 0.29) is 37.4 Å². The molecule has 1 atom stereocenters. The second kappa shape index (κ2) is 7.70. The van der Waals surface area contributed by atoms with E-state index in [0.717, 1.165) is 5.56 Å². The Hall–Kier alpha value is -3.55. The van der Waals surface area contributed by atoms with E-state index >= 15 is 0 Å². The Morgan fingerprint density at radius 3 is 2.60 bits per heavy atom. The molecule has 0 spiro atoms. The van der Waals surface area contributed by atoms with Gasteiger partial charge >= 0.3 is 0 Å². The lowest BCUT2D eigenvalue weighted by Gasteiger charge is -2.20. The van der Waals surface area contributed by atoms with Gasteiger partial charge in [-0.1, -0.05) is 6.07 Å². The average Bonchev–Trinajstić information content (AvgIpc) is 3.33. The molecule has 1 unspecified atom stereocenters. The largest absolute Gasteiger partial charge is 0.495 e. The molecule has 2 aromatic carbocycles. The van der Waals surface area contributed by atoms with Gasteiger partial charge in [0.2, 0.25) is 18.6 Å². The molecule has 8 nitrogen and oxygen atoms in total. The summed E-state index contributed by atoms with van der Waals surface area (Å²) < 4.78 is 16.0. The number of benzene rings is 2. The maximum absolute atomic E-state index is 12.9. The van der Waals surface area contributed by atoms with E-state index in [4.69, 9.17) is 14.2 Å². The second-order valence-corrected chi connectivity index (χ2v) is 7.38. The number of hydrogen-bond acceptors (Lipinski definition) is 6. The Balaban J connectivity index is 1.56. The van der Waals surface area contributed by atoms with Crippen LogP contribution in [0.1, 0.15) is 29.3 Å². The molecule has 8 heteroatoms. The molecule has 4 rings (SSSR count). The van der Waals surface area contributed by atoms with Crippen LogP contribution in [0.3, 0.4) is 0 Å². The fraction of sp³-hybridized carbons (Fsp3) is 0.318. The van der Waals surface area contributed by atoms with Crippen molar-refractivity contribution in [3.63, 3.8) is 0 Å². The Labute approximate surface area is 173 Å². The smallest absolute Gasteiger partial charge is 0.231 e. The van der Waals surface area contributed by atoms with Crippen molar-refractivity contribution < 1.29 is 28.6 Å². The summed E-state index contributed by atoms with van der Waals surface area (Å²) in [5.74, 6) is 0.237. The normalized spacial score (nSPS) is 17.2. The highest BCUT2D eigenvalue weighted by molar-refractivity contribution is 6.08. The molecule has 2 heterocycles. The Bertz CT molecular complexity index is 1050. The quantitative estimate of drug-likeness (QED) is 0.762. The van der Waals surface area contributed by atoms with E-state index in [9.17, 15) is 14.4 Å². The maximum atomic E-state index is 12.9. The predicted octanol–water partition coefficient (Wildman–Crippen LogP) is 2.93. The summed E-state index contributed by atoms with van der Waals surface area (Å²) in [5.41, 5.74) is 2.30. The minimum atomic E-state index is -0.562. The van der Waals surface area contributed by atoms with E-state index in [1.807, 2.05) is 19.1 Å². The van der Waals surface area contributed by atoms with Gasteiger partial charge in [0.05, 0.1) is 24.4 Å². The number of nitrogens with zero attached hydrogens (tertiary/aromatic N) is 1. The number of fused-ring (bicyclic) bond motifs is 1. The summed E-state index contributed by atoms with van der Waals surface area (Å²) in [6.07, 6.45) is 0.0723. The van der Waals surface area contributed by atoms with Crippen molar-refractivity contribution in [2.45, 2.75) is 20.3 Å². The molecule has 2 aliphatic heterocycles. The van der Waals surface area contributed by atoms with Gasteiger partial charge in [0.1, 0.15) is 5.75 Å². The Kier molecular flexibility index (Phi) is 5.07. The third-order valence-corrected chi connectivity index (χ3v) is 5.27. The van der Waals surface area contributed by atoms with Crippen LogP contribution < -0.4 is 24.4 Å². The lowest BCUT2D eigenvalue weighted by atomic mass is 10.1. The number of rotatable bonds is 5. The van der Waals surface area contributed by atoms with Crippen molar-refractivity contribution in [3.8, 4) is 17.2 Å². The number of carbonyl (C=O) groups is 3. The molecule has 0 bridgehead atoms. The number of anilines is 2. The van der Waals surface area contributed by atoms with Gasteiger partial charge in [-0.25, -0.2) is 0 Å². The zero-order chi connectivity index (χ0) is 21.4. The van der Waals surface area contributed by atoms with Crippen LogP contribution in [-0.4, -0.2) is 38.0 Å². The summed E-state index contributed by atoms with van der Waals surface area (Å²) >= 11 is 0. The van der Waals surface area contributed by atoms with Crippen molar-refractivity contribution >= 4 is 29.0 Å². The third-order valence-electron chi connectivity index (χ3n) is 5.27. The number of methoxy groups -OCH3 is 1. The van der Waals surface area contributed by atoms with Crippen molar-refractivity contribution in [2.24, 2.45) is 5.92 Å². The molecule has 1 saturated heterocycles. The molecule has 2 aliphatic rings. The predicted molar refractivity (Wildman–Crippen MR) is 109 cm³/mol. The third kappa shape index (κ3) is 3.56. The number of aryl methyl sites for hydroxylation is 1. The number of ether oxygens (including phenoxy) is 3. The fourth-order valence-electron chi connectivity index (χ4n) is 3.70. The van der Waals surface area contributed by atoms with Crippen LogP contribution in [0.25, 0.3) is 0 Å². The molecule has 1 fully saturated rings. The molecule has 0 aliphatic carbocycles. The van der Waals surface area contributed by atoms with Gasteiger partial charge in [-0.15, -0.1) is 0 Å². The highest BCUT2D eigenvalue weighted by Gasteiger charge is 2.37. The molecule has 2 aromatic rings. The monoisotopic (exact) mass is 410 g/mol. The number of carbonyl (C=O) groups excluding carboxylic acids is 3. The first-order chi connectivity index (χ1) is 14.4. The minimum Gasteiger partial charge on any atom is -0.495 e. The minimum absolute atomic E-state index is 0.0640. The van der Waals surface area contributed by atoms with Gasteiger partial charge in [-0.3, -0.25) is 14.4 Å². The van der Waals surface area contributed by atoms with Crippen LogP contribution in [0.2, 0.25) is 0 Å². The molecule has 0 aromatic heterocycles. The van der Waals surface area contributed by atoms with Gasteiger partial charge < -0.3 is 24.4 Å². The van der Waals surface area contributed by atoms with Crippen molar-refractivity contribution in [1.82, 2.24) is 0 Å². The molecule has 1 N–H and O–H groups in total. The SMILES string of the molecule is COc1ccc(C)cc1N1CC(C(=O)Nc2cc3c(cc2C(C)=O)OCO3)CC1=O. The number of hydrogen-bond donors (Lipinski definition) is 1. The summed E-state index contributed by atoms with van der Waals surface area (Å²) in [7, 11) is 1.54. The van der Waals surface area contributed by atoms with Crippen LogP contribution in [0.4, 0.5) is 11.4 Å². The van der Waals surface area contributed by atoms with Crippen molar-refractivity contribution in [2.75, 3.05) is 30.7 Å². The molecular weight excluding hydrogens is 388 g/mol. The standard InChI is InChI=1S/C22H22N2O6/c1-12-4-5-18(28-3)17(6-12)24-10-14(7-21(24)26)22(27)23-16-9-20-19(29-11-30-20)8-15(16)13(2)25/h4-6,8-9,14H,7,10-11H2,1-3H3,(H,23,27). The summed E-state index contributed by atoms with van der Waals surface area (Å²) in [6.45, 7) is 3.63. The Morgan fingerprint density at radius 1 is 1.17 bits per heavy atom. The van der Waals surface area contributed by atoms with Gasteiger partial charge in [-0.05, 0) is 37.6 Å². The molecule has 2 amide bonds. The number of ketones is 1. The first kappa shape index (κ1) is 19.8. The first-order valence-corrected chi connectivity index (χ1v) is 9.58. The zero-order valence-electron chi connectivity index (χ0n) is 17.0. The number of nitrogens with one attached hydrogen (secondary N) is 1. The molecule has 156 valence electrons. The van der Waals surface area contributed by atoms with Crippen molar-refractivity contribution in [1.29, 1.82) is 0 Å². The van der Waals surface area contributed by atoms with Crippen LogP contribution in [-0.2, 0) is 9.59 Å². The number of Topliss-reactive ketones (excluding diaryl/α,β-unsaturated/α-hetero) is 1. The summed E-state index contributed by atoms with van der Waals surface area (Å²) in [6, 6.07) is 8.70. The van der Waals surface area contributed by atoms with E-state index in [0.29, 0.717) is 34.2 Å². The van der Waals surface area contributed by atoms with Crippen LogP contribution >= 0.6 is 0 Å². The van der Waals surface area contributed by atoms with Crippen LogP contribution in [0, 0.1) is 12.8 Å². The lowest BCUT2D eigenvalue weighted by Crippen LogP contribution is -2.28. The average molecular weight is 410 g/mol. The van der Waals surface area contributed by atoms with E-state index in [1.165, 1.54) is 6.92 Å². The number of amides is 2. The Morgan fingerprint density at radius 2 is 1.90 bits per heavy atom. The fourth-order valence-corrected chi connectivity index (χ4v) is 3.70. The van der Waals surface area contributed by atoms with Gasteiger partial charge in [-0.2, -0.15) is 0 Å². The highest BCUT2D eigenvalue weighted by atomic mass is 16.7. The summed E-state index contributed by atoms with van der Waals surface area (Å²) in [4.78, 5) is 39.2. The van der Waals surface area contributed by atoms with Gasteiger partial charge in [0, 0.05) is 24.6 Å². The van der Waals surface area contributed by atoms with Crippen molar-refractivity contribution in [3.05, 3.63) is 41.5 Å². The first-order valence-electron chi connectivity index (χ1n) is 9.58. The van der Waals surface area contributed by atoms with E-state index in [1.54, 1.807) is 30.2 Å². The molecule has 30 heavy (non-hydrogen) atoms. The van der Waals surface area contributed by atoms with Crippen LogP contribution in [0.15, 0.2) is 30.3 Å².